The Labute approximate surface area is 210 Å². The van der Waals surface area contributed by atoms with E-state index in [1.54, 1.807) is 18.3 Å². The Kier molecular flexibility index (Phi) is 8.06. The number of pyridine rings is 1. The number of hydrogen-bond acceptors (Lipinski definition) is 8. The van der Waals surface area contributed by atoms with Crippen LogP contribution in [0.1, 0.15) is 44.9 Å². The molecule has 0 unspecified atom stereocenters. The van der Waals surface area contributed by atoms with Crippen LogP contribution >= 0.6 is 0 Å². The van der Waals surface area contributed by atoms with Crippen molar-refractivity contribution in [2.45, 2.75) is 65.1 Å². The van der Waals surface area contributed by atoms with Crippen LogP contribution in [0.15, 0.2) is 60.8 Å². The smallest absolute Gasteiger partial charge is 0.331 e. The second-order valence-electron chi connectivity index (χ2n) is 8.64. The van der Waals surface area contributed by atoms with Gasteiger partial charge in [0, 0.05) is 32.3 Å². The highest BCUT2D eigenvalue weighted by Gasteiger charge is 2.19. The lowest BCUT2D eigenvalue weighted by Crippen LogP contribution is -2.46. The Morgan fingerprint density at radius 1 is 1.00 bits per heavy atom. The lowest BCUT2D eigenvalue weighted by molar-refractivity contribution is 0.419. The quantitative estimate of drug-likeness (QED) is 0.225. The van der Waals surface area contributed by atoms with E-state index < -0.39 is 22.5 Å². The molecule has 0 aromatic carbocycles. The highest BCUT2D eigenvalue weighted by Crippen LogP contribution is 2.14. The van der Waals surface area contributed by atoms with Gasteiger partial charge in [0.05, 0.1) is 0 Å². The first kappa shape index (κ1) is 25.7. The number of nitrogens with one attached hydrogen (secondary N) is 1. The van der Waals surface area contributed by atoms with Crippen LogP contribution < -0.4 is 22.5 Å². The Bertz CT molecular complexity index is 1630. The van der Waals surface area contributed by atoms with Gasteiger partial charge >= 0.3 is 11.4 Å². The molecule has 4 aromatic heterocycles. The number of rotatable bonds is 12. The SMILES string of the molecule is C=CCn1c(=O)[nH]c2c(=O)n(CCCCc3noc(-c4ccccn4)n3)c(=O)n(CCCCC)c2c1=O. The first-order chi connectivity index (χ1) is 18.0. The standard InChI is InChI=1S/C25H29N7O5/c1-3-5-9-15-30-20-19(28-24(35)31(14-4-2)23(20)34)22(33)32(25(30)36)16-10-7-12-18-27-21(37-29-18)17-11-6-8-13-26-17/h4,6,8,11,13H,2-3,5,7,9-10,12,14-16H2,1H3,(H,28,35). The van der Waals surface area contributed by atoms with E-state index in [4.69, 9.17) is 4.52 Å². The average Bonchev–Trinajstić information content (AvgIpc) is 3.38. The number of nitrogens with zero attached hydrogens (tertiary/aromatic N) is 6. The molecule has 0 bridgehead atoms. The molecule has 0 saturated heterocycles. The van der Waals surface area contributed by atoms with E-state index in [1.807, 2.05) is 13.0 Å². The van der Waals surface area contributed by atoms with Crippen LogP contribution in [0.4, 0.5) is 0 Å². The summed E-state index contributed by atoms with van der Waals surface area (Å²) in [5.41, 5.74) is -2.34. The summed E-state index contributed by atoms with van der Waals surface area (Å²) in [5, 5.41) is 3.97. The van der Waals surface area contributed by atoms with Crippen molar-refractivity contribution in [1.82, 2.24) is 33.8 Å². The average molecular weight is 508 g/mol. The van der Waals surface area contributed by atoms with E-state index >= 15 is 0 Å². The van der Waals surface area contributed by atoms with Gasteiger partial charge in [-0.1, -0.05) is 37.1 Å². The summed E-state index contributed by atoms with van der Waals surface area (Å²) in [6.45, 7) is 5.94. The van der Waals surface area contributed by atoms with Gasteiger partial charge in [0.25, 0.3) is 17.0 Å². The van der Waals surface area contributed by atoms with Gasteiger partial charge in [-0.25, -0.2) is 9.59 Å². The van der Waals surface area contributed by atoms with Crippen molar-refractivity contribution in [1.29, 1.82) is 0 Å². The normalized spacial score (nSPS) is 11.3. The zero-order chi connectivity index (χ0) is 26.4. The van der Waals surface area contributed by atoms with Gasteiger partial charge in [0.2, 0.25) is 0 Å². The lowest BCUT2D eigenvalue weighted by atomic mass is 10.2. The molecule has 4 heterocycles. The topological polar surface area (TPSA) is 151 Å². The molecule has 0 radical (unpaired) electrons. The van der Waals surface area contributed by atoms with Crippen LogP contribution in [-0.4, -0.2) is 33.8 Å². The largest absolute Gasteiger partial charge is 0.332 e. The molecule has 0 aliphatic rings. The number of fused-ring (bicyclic) bond motifs is 1. The summed E-state index contributed by atoms with van der Waals surface area (Å²) in [6, 6.07) is 5.38. The van der Waals surface area contributed by atoms with Gasteiger partial charge in [0.15, 0.2) is 5.82 Å². The van der Waals surface area contributed by atoms with E-state index in [9.17, 15) is 19.2 Å². The predicted octanol–water partition coefficient (Wildman–Crippen LogP) is 1.86. The molecule has 12 nitrogen and oxygen atoms in total. The summed E-state index contributed by atoms with van der Waals surface area (Å²) in [6.07, 6.45) is 7.00. The van der Waals surface area contributed by atoms with Gasteiger partial charge in [0.1, 0.15) is 16.7 Å². The minimum absolute atomic E-state index is 0.0333. The number of hydrogen-bond donors (Lipinski definition) is 1. The minimum atomic E-state index is -0.722. The molecule has 194 valence electrons. The fourth-order valence-corrected chi connectivity index (χ4v) is 4.15. The van der Waals surface area contributed by atoms with Crippen LogP contribution in [-0.2, 0) is 26.1 Å². The zero-order valence-corrected chi connectivity index (χ0v) is 20.7. The Morgan fingerprint density at radius 3 is 2.51 bits per heavy atom. The molecule has 4 aromatic rings. The molecule has 0 aliphatic heterocycles. The second kappa shape index (κ2) is 11.6. The van der Waals surface area contributed by atoms with Crippen molar-refractivity contribution in [3.63, 3.8) is 0 Å². The van der Waals surface area contributed by atoms with E-state index in [2.05, 4.69) is 26.7 Å². The van der Waals surface area contributed by atoms with Gasteiger partial charge < -0.3 is 9.51 Å². The molecule has 1 N–H and O–H groups in total. The Hall–Kier alpha value is -4.35. The third-order valence-corrected chi connectivity index (χ3v) is 6.03. The maximum Gasteiger partial charge on any atom is 0.331 e. The molecule has 4 rings (SSSR count). The number of allylic oxidation sites excluding steroid dienone is 1. The van der Waals surface area contributed by atoms with Gasteiger partial charge in [-0.3, -0.25) is 28.3 Å². The molecule has 12 heteroatoms. The molecule has 0 spiro atoms. The van der Waals surface area contributed by atoms with E-state index in [-0.39, 0.29) is 30.7 Å². The molecule has 0 saturated carbocycles. The van der Waals surface area contributed by atoms with Crippen molar-refractivity contribution in [2.24, 2.45) is 0 Å². The minimum Gasteiger partial charge on any atom is -0.332 e. The molecule has 37 heavy (non-hydrogen) atoms. The maximum atomic E-state index is 13.3. The van der Waals surface area contributed by atoms with Crippen molar-refractivity contribution in [2.75, 3.05) is 0 Å². The van der Waals surface area contributed by atoms with Crippen LogP contribution in [0.5, 0.6) is 0 Å². The van der Waals surface area contributed by atoms with Gasteiger partial charge in [-0.15, -0.1) is 6.58 Å². The fourth-order valence-electron chi connectivity index (χ4n) is 4.15. The number of H-pyrrole nitrogens is 1. The third kappa shape index (κ3) is 5.42. The van der Waals surface area contributed by atoms with Gasteiger partial charge in [-0.05, 0) is 31.4 Å². The summed E-state index contributed by atoms with van der Waals surface area (Å²) in [7, 11) is 0. The number of unbranched alkanes of at least 4 members (excludes halogenated alkanes) is 3. The maximum absolute atomic E-state index is 13.3. The van der Waals surface area contributed by atoms with Crippen LogP contribution in [0.2, 0.25) is 0 Å². The van der Waals surface area contributed by atoms with Crippen LogP contribution in [0, 0.1) is 0 Å². The number of aromatic amines is 1. The molecule has 0 fully saturated rings. The van der Waals surface area contributed by atoms with Crippen molar-refractivity contribution >= 4 is 11.0 Å². The first-order valence-corrected chi connectivity index (χ1v) is 12.3. The highest BCUT2D eigenvalue weighted by atomic mass is 16.5. The van der Waals surface area contributed by atoms with Crippen molar-refractivity contribution < 1.29 is 4.52 Å². The highest BCUT2D eigenvalue weighted by molar-refractivity contribution is 5.72. The zero-order valence-electron chi connectivity index (χ0n) is 20.7. The Morgan fingerprint density at radius 2 is 1.78 bits per heavy atom. The van der Waals surface area contributed by atoms with E-state index in [0.29, 0.717) is 43.1 Å². The number of aromatic nitrogens is 7. The number of aryl methyl sites for hydroxylation is 2. The predicted molar refractivity (Wildman–Crippen MR) is 138 cm³/mol. The molecular formula is C25H29N7O5. The van der Waals surface area contributed by atoms with Crippen LogP contribution in [0.25, 0.3) is 22.6 Å². The summed E-state index contributed by atoms with van der Waals surface area (Å²) in [4.78, 5) is 63.1. The molecule has 0 amide bonds. The monoisotopic (exact) mass is 507 g/mol. The van der Waals surface area contributed by atoms with Crippen molar-refractivity contribution in [3.8, 4) is 11.6 Å². The summed E-state index contributed by atoms with van der Waals surface area (Å²) in [5.74, 6) is 0.818. The first-order valence-electron chi connectivity index (χ1n) is 12.3. The van der Waals surface area contributed by atoms with Crippen LogP contribution in [0.3, 0.4) is 0 Å². The lowest BCUT2D eigenvalue weighted by Gasteiger charge is -2.14. The Balaban J connectivity index is 1.59. The molecular weight excluding hydrogens is 478 g/mol. The van der Waals surface area contributed by atoms with E-state index in [0.717, 1.165) is 22.0 Å². The fraction of sp³-hybridized carbons (Fsp3) is 0.400. The van der Waals surface area contributed by atoms with Gasteiger partial charge in [-0.2, -0.15) is 4.98 Å². The summed E-state index contributed by atoms with van der Waals surface area (Å²) < 4.78 is 8.58. The summed E-state index contributed by atoms with van der Waals surface area (Å²) >= 11 is 0. The molecule has 0 aliphatic carbocycles. The third-order valence-electron chi connectivity index (χ3n) is 6.03. The molecule has 0 atom stereocenters. The van der Waals surface area contributed by atoms with E-state index in [1.165, 1.54) is 10.6 Å². The second-order valence-corrected chi connectivity index (χ2v) is 8.64. The van der Waals surface area contributed by atoms with Crippen molar-refractivity contribution in [3.05, 3.63) is 84.6 Å².